The maximum Gasteiger partial charge on any atom is 0.317 e. The number of amides is 2. The second-order valence-corrected chi connectivity index (χ2v) is 5.87. The first-order chi connectivity index (χ1) is 10.6. The van der Waals surface area contributed by atoms with Gasteiger partial charge in [0.05, 0.1) is 13.7 Å². The lowest BCUT2D eigenvalue weighted by Crippen LogP contribution is -2.36. The number of urea groups is 1. The summed E-state index contributed by atoms with van der Waals surface area (Å²) in [6.45, 7) is 0.989. The van der Waals surface area contributed by atoms with Gasteiger partial charge in [-0.1, -0.05) is 46.3 Å². The van der Waals surface area contributed by atoms with Crippen molar-refractivity contribution >= 4 is 22.0 Å². The van der Waals surface area contributed by atoms with Crippen LogP contribution in [0.3, 0.4) is 0 Å². The van der Waals surface area contributed by atoms with E-state index < -0.39 is 0 Å². The van der Waals surface area contributed by atoms with Crippen LogP contribution in [0.2, 0.25) is 0 Å². The number of methoxy groups -OCH3 is 1. The molecule has 0 radical (unpaired) electrons. The number of hydrogen-bond donors (Lipinski definition) is 1. The third kappa shape index (κ3) is 4.49. The van der Waals surface area contributed by atoms with Crippen LogP contribution in [0.25, 0.3) is 0 Å². The third-order valence-corrected chi connectivity index (χ3v) is 3.78. The van der Waals surface area contributed by atoms with E-state index in [1.807, 2.05) is 48.5 Å². The lowest BCUT2D eigenvalue weighted by Gasteiger charge is -2.19. The Morgan fingerprint density at radius 2 is 1.95 bits per heavy atom. The average Bonchev–Trinajstić information content (AvgIpc) is 2.53. The Kier molecular flexibility index (Phi) is 5.83. The number of carbonyl (C=O) groups is 1. The second-order valence-electron chi connectivity index (χ2n) is 4.96. The fourth-order valence-electron chi connectivity index (χ4n) is 2.11. The summed E-state index contributed by atoms with van der Waals surface area (Å²) in [6.07, 6.45) is 0. The van der Waals surface area contributed by atoms with Crippen molar-refractivity contribution < 1.29 is 9.53 Å². The van der Waals surface area contributed by atoms with Crippen LogP contribution in [-0.2, 0) is 13.1 Å². The van der Waals surface area contributed by atoms with Crippen LogP contribution in [0.1, 0.15) is 11.1 Å². The summed E-state index contributed by atoms with van der Waals surface area (Å²) < 4.78 is 6.29. The quantitative estimate of drug-likeness (QED) is 0.878. The van der Waals surface area contributed by atoms with Crippen molar-refractivity contribution in [1.82, 2.24) is 10.2 Å². The highest BCUT2D eigenvalue weighted by Gasteiger charge is 2.12. The molecule has 0 atom stereocenters. The summed E-state index contributed by atoms with van der Waals surface area (Å²) in [5, 5.41) is 2.91. The summed E-state index contributed by atoms with van der Waals surface area (Å²) in [7, 11) is 3.39. The maximum absolute atomic E-state index is 12.2. The molecular formula is C17H19BrN2O2. The topological polar surface area (TPSA) is 41.6 Å². The molecule has 0 spiro atoms. The van der Waals surface area contributed by atoms with Gasteiger partial charge in [0.25, 0.3) is 0 Å². The smallest absolute Gasteiger partial charge is 0.317 e. The molecule has 0 saturated heterocycles. The molecular weight excluding hydrogens is 344 g/mol. The minimum absolute atomic E-state index is 0.120. The molecule has 0 fully saturated rings. The van der Waals surface area contributed by atoms with E-state index in [1.54, 1.807) is 19.1 Å². The van der Waals surface area contributed by atoms with Crippen molar-refractivity contribution in [2.75, 3.05) is 14.2 Å². The number of nitrogens with one attached hydrogen (secondary N) is 1. The molecule has 0 unspecified atom stereocenters. The molecule has 0 aromatic heterocycles. The van der Waals surface area contributed by atoms with Crippen LogP contribution in [-0.4, -0.2) is 25.1 Å². The van der Waals surface area contributed by atoms with E-state index >= 15 is 0 Å². The molecule has 1 N–H and O–H groups in total. The third-order valence-electron chi connectivity index (χ3n) is 3.28. The number of carbonyl (C=O) groups excluding carboxylic acids is 1. The van der Waals surface area contributed by atoms with Crippen LogP contribution in [0.4, 0.5) is 4.79 Å². The Bertz CT molecular complexity index is 632. The van der Waals surface area contributed by atoms with Crippen molar-refractivity contribution in [3.63, 3.8) is 0 Å². The number of hydrogen-bond acceptors (Lipinski definition) is 2. The van der Waals surface area contributed by atoms with Crippen molar-refractivity contribution in [2.24, 2.45) is 0 Å². The molecule has 4 nitrogen and oxygen atoms in total. The molecule has 0 bridgehead atoms. The molecule has 0 heterocycles. The van der Waals surface area contributed by atoms with Gasteiger partial charge in [0.2, 0.25) is 0 Å². The molecule has 2 amide bonds. The van der Waals surface area contributed by atoms with Crippen molar-refractivity contribution in [1.29, 1.82) is 0 Å². The van der Waals surface area contributed by atoms with Gasteiger partial charge in [-0.05, 0) is 23.8 Å². The van der Waals surface area contributed by atoms with Crippen molar-refractivity contribution in [3.8, 4) is 5.75 Å². The number of nitrogens with zero attached hydrogens (tertiary/aromatic N) is 1. The lowest BCUT2D eigenvalue weighted by atomic mass is 10.2. The Hall–Kier alpha value is -2.01. The Morgan fingerprint density at radius 1 is 1.23 bits per heavy atom. The zero-order chi connectivity index (χ0) is 15.9. The first kappa shape index (κ1) is 16.4. The first-order valence-corrected chi connectivity index (χ1v) is 7.74. The molecule has 0 aliphatic rings. The monoisotopic (exact) mass is 362 g/mol. The molecule has 22 heavy (non-hydrogen) atoms. The average molecular weight is 363 g/mol. The van der Waals surface area contributed by atoms with Crippen LogP contribution in [0.5, 0.6) is 5.75 Å². The molecule has 2 rings (SSSR count). The summed E-state index contributed by atoms with van der Waals surface area (Å²) in [4.78, 5) is 13.8. The molecule has 2 aromatic rings. The van der Waals surface area contributed by atoms with Gasteiger partial charge in [0.15, 0.2) is 0 Å². The lowest BCUT2D eigenvalue weighted by molar-refractivity contribution is 0.206. The van der Waals surface area contributed by atoms with E-state index in [1.165, 1.54) is 0 Å². The van der Waals surface area contributed by atoms with Crippen LogP contribution in [0.15, 0.2) is 53.0 Å². The number of halogens is 1. The van der Waals surface area contributed by atoms with E-state index in [-0.39, 0.29) is 6.03 Å². The second kappa shape index (κ2) is 7.84. The predicted octanol–water partition coefficient (Wildman–Crippen LogP) is 3.80. The number of rotatable bonds is 5. The van der Waals surface area contributed by atoms with E-state index in [0.717, 1.165) is 21.3 Å². The number of ether oxygens (including phenoxy) is 1. The van der Waals surface area contributed by atoms with Gasteiger partial charge in [0.1, 0.15) is 5.75 Å². The summed E-state index contributed by atoms with van der Waals surface area (Å²) in [6, 6.07) is 15.5. The molecule has 0 aliphatic carbocycles. The van der Waals surface area contributed by atoms with Gasteiger partial charge in [-0.3, -0.25) is 0 Å². The van der Waals surface area contributed by atoms with Crippen LogP contribution < -0.4 is 10.1 Å². The van der Waals surface area contributed by atoms with Crippen LogP contribution >= 0.6 is 15.9 Å². The van der Waals surface area contributed by atoms with Gasteiger partial charge >= 0.3 is 6.03 Å². The van der Waals surface area contributed by atoms with Gasteiger partial charge < -0.3 is 15.0 Å². The molecule has 116 valence electrons. The molecule has 2 aromatic carbocycles. The Balaban J connectivity index is 1.95. The zero-order valence-corrected chi connectivity index (χ0v) is 14.3. The maximum atomic E-state index is 12.2. The zero-order valence-electron chi connectivity index (χ0n) is 12.7. The fourth-order valence-corrected chi connectivity index (χ4v) is 2.52. The highest BCUT2D eigenvalue weighted by Crippen LogP contribution is 2.24. The van der Waals surface area contributed by atoms with Gasteiger partial charge in [0, 0.05) is 23.6 Å². The highest BCUT2D eigenvalue weighted by atomic mass is 79.9. The summed E-state index contributed by atoms with van der Waals surface area (Å²) in [5.74, 6) is 0.769. The Labute approximate surface area is 139 Å². The summed E-state index contributed by atoms with van der Waals surface area (Å²) in [5.41, 5.74) is 2.03. The summed E-state index contributed by atoms with van der Waals surface area (Å²) >= 11 is 3.44. The van der Waals surface area contributed by atoms with E-state index in [2.05, 4.69) is 21.2 Å². The standard InChI is InChI=1S/C17H19BrN2O2/c1-20(12-14-10-15(18)8-9-16(14)22-2)17(21)19-11-13-6-4-3-5-7-13/h3-10H,11-12H2,1-2H3,(H,19,21). The van der Waals surface area contributed by atoms with Gasteiger partial charge in [-0.25, -0.2) is 4.79 Å². The van der Waals surface area contributed by atoms with E-state index in [0.29, 0.717) is 13.1 Å². The SMILES string of the molecule is COc1ccc(Br)cc1CN(C)C(=O)NCc1ccccc1. The fraction of sp³-hybridized carbons (Fsp3) is 0.235. The van der Waals surface area contributed by atoms with E-state index in [9.17, 15) is 4.79 Å². The molecule has 0 saturated carbocycles. The highest BCUT2D eigenvalue weighted by molar-refractivity contribution is 9.10. The molecule has 0 aliphatic heterocycles. The van der Waals surface area contributed by atoms with Gasteiger partial charge in [-0.15, -0.1) is 0 Å². The largest absolute Gasteiger partial charge is 0.496 e. The predicted molar refractivity (Wildman–Crippen MR) is 90.8 cm³/mol. The van der Waals surface area contributed by atoms with E-state index in [4.69, 9.17) is 4.74 Å². The van der Waals surface area contributed by atoms with Crippen molar-refractivity contribution in [2.45, 2.75) is 13.1 Å². The number of benzene rings is 2. The van der Waals surface area contributed by atoms with Crippen molar-refractivity contribution in [3.05, 3.63) is 64.1 Å². The normalized spacial score (nSPS) is 10.1. The Morgan fingerprint density at radius 3 is 2.64 bits per heavy atom. The van der Waals surface area contributed by atoms with Crippen LogP contribution in [0, 0.1) is 0 Å². The minimum atomic E-state index is -0.120. The minimum Gasteiger partial charge on any atom is -0.496 e. The molecule has 5 heteroatoms. The van der Waals surface area contributed by atoms with Gasteiger partial charge in [-0.2, -0.15) is 0 Å². The first-order valence-electron chi connectivity index (χ1n) is 6.95.